The molecule has 4 rings (SSSR count). The van der Waals surface area contributed by atoms with Gasteiger partial charge in [-0.15, -0.1) is 0 Å². The first-order chi connectivity index (χ1) is 18.5. The van der Waals surface area contributed by atoms with E-state index >= 15 is 0 Å². The van der Waals surface area contributed by atoms with Crippen molar-refractivity contribution < 1.29 is 19.4 Å². The van der Waals surface area contributed by atoms with Gasteiger partial charge in [-0.1, -0.05) is 84.9 Å². The molecule has 3 aromatic carbocycles. The van der Waals surface area contributed by atoms with Gasteiger partial charge in [0, 0.05) is 19.4 Å². The summed E-state index contributed by atoms with van der Waals surface area (Å²) in [5.41, 5.74) is 3.22. The molecule has 38 heavy (non-hydrogen) atoms. The van der Waals surface area contributed by atoms with E-state index in [0.29, 0.717) is 17.5 Å². The highest BCUT2D eigenvalue weighted by atomic mass is 16.6. The highest BCUT2D eigenvalue weighted by Gasteiger charge is 2.30. The van der Waals surface area contributed by atoms with Gasteiger partial charge >= 0.3 is 5.97 Å². The van der Waals surface area contributed by atoms with Crippen LogP contribution in [0.5, 0.6) is 0 Å². The van der Waals surface area contributed by atoms with Crippen molar-refractivity contribution in [3.05, 3.63) is 114 Å². The molecule has 4 aromatic rings. The Morgan fingerprint density at radius 2 is 1.61 bits per heavy atom. The summed E-state index contributed by atoms with van der Waals surface area (Å²) in [7, 11) is 1.57. The number of para-hydroxylation sites is 2. The van der Waals surface area contributed by atoms with Crippen LogP contribution in [0.1, 0.15) is 34.5 Å². The van der Waals surface area contributed by atoms with E-state index in [1.54, 1.807) is 13.1 Å². The maximum atomic E-state index is 13.1. The Bertz CT molecular complexity index is 1380. The molecule has 194 valence electrons. The lowest BCUT2D eigenvalue weighted by atomic mass is 9.91. The minimum Gasteiger partial charge on any atom is -0.454 e. The van der Waals surface area contributed by atoms with E-state index in [1.165, 1.54) is 6.20 Å². The van der Waals surface area contributed by atoms with E-state index in [9.17, 15) is 14.7 Å². The van der Waals surface area contributed by atoms with Gasteiger partial charge in [-0.25, -0.2) is 9.78 Å². The molecule has 7 heteroatoms. The van der Waals surface area contributed by atoms with Crippen molar-refractivity contribution in [3.8, 4) is 0 Å². The Morgan fingerprint density at radius 3 is 2.32 bits per heavy atom. The van der Waals surface area contributed by atoms with Crippen molar-refractivity contribution in [3.63, 3.8) is 0 Å². The molecule has 0 saturated carbocycles. The lowest BCUT2D eigenvalue weighted by Gasteiger charge is -2.26. The van der Waals surface area contributed by atoms with Gasteiger partial charge in [0.2, 0.25) is 5.91 Å². The van der Waals surface area contributed by atoms with Crippen molar-refractivity contribution in [1.29, 1.82) is 0 Å². The molecule has 0 radical (unpaired) electrons. The Hall–Kier alpha value is -4.36. The molecule has 0 saturated heterocycles. The molecular formula is C31H31N3O4. The Balaban J connectivity index is 1.51. The highest BCUT2D eigenvalue weighted by Crippen LogP contribution is 2.21. The van der Waals surface area contributed by atoms with Crippen LogP contribution >= 0.6 is 0 Å². The summed E-state index contributed by atoms with van der Waals surface area (Å²) in [6.07, 6.45) is 4.10. The van der Waals surface area contributed by atoms with Gasteiger partial charge < -0.3 is 15.2 Å². The number of fused-ring (bicyclic) bond motifs is 1. The maximum absolute atomic E-state index is 13.1. The first-order valence-electron chi connectivity index (χ1n) is 12.6. The summed E-state index contributed by atoms with van der Waals surface area (Å²) >= 11 is 0. The van der Waals surface area contributed by atoms with E-state index < -0.39 is 24.1 Å². The van der Waals surface area contributed by atoms with Crippen molar-refractivity contribution in [1.82, 2.24) is 15.3 Å². The Morgan fingerprint density at radius 1 is 0.947 bits per heavy atom. The monoisotopic (exact) mass is 509 g/mol. The third-order valence-corrected chi connectivity index (χ3v) is 6.30. The van der Waals surface area contributed by atoms with Crippen LogP contribution in [0.15, 0.2) is 97.2 Å². The SMILES string of the molecule is CNC(=O)[C@H](CC=Cc1ccccc1)C[C@H](O)[C@H](Cc1ccccc1)OC(=O)c1cnc2ccccc2n1. The van der Waals surface area contributed by atoms with Crippen LogP contribution < -0.4 is 5.32 Å². The number of hydrogen-bond donors (Lipinski definition) is 2. The summed E-state index contributed by atoms with van der Waals surface area (Å²) in [5, 5.41) is 13.9. The van der Waals surface area contributed by atoms with Crippen LogP contribution in [0.25, 0.3) is 17.1 Å². The molecule has 0 unspecified atom stereocenters. The predicted octanol–water partition coefficient (Wildman–Crippen LogP) is 4.61. The van der Waals surface area contributed by atoms with Gasteiger partial charge in [-0.2, -0.15) is 0 Å². The van der Waals surface area contributed by atoms with E-state index in [4.69, 9.17) is 4.74 Å². The zero-order valence-electron chi connectivity index (χ0n) is 21.2. The van der Waals surface area contributed by atoms with Crippen LogP contribution in [-0.2, 0) is 16.0 Å². The molecule has 3 atom stereocenters. The number of esters is 1. The summed E-state index contributed by atoms with van der Waals surface area (Å²) in [6.45, 7) is 0. The molecule has 0 bridgehead atoms. The normalized spacial score (nSPS) is 13.6. The standard InChI is InChI=1S/C31H31N3O4/c1-32-30(36)24(16-10-15-22-11-4-2-5-12-22)20-28(35)29(19-23-13-6-3-7-14-23)38-31(37)27-21-33-25-17-8-9-18-26(25)34-27/h2-15,17-18,21,24,28-29,35H,16,19-20H2,1H3,(H,32,36)/t24-,28+,29+/m1/s1. The molecule has 1 aromatic heterocycles. The largest absolute Gasteiger partial charge is 0.454 e. The summed E-state index contributed by atoms with van der Waals surface area (Å²) < 4.78 is 5.80. The van der Waals surface area contributed by atoms with Gasteiger partial charge in [0.05, 0.1) is 23.3 Å². The second-order valence-corrected chi connectivity index (χ2v) is 9.04. The number of benzene rings is 3. The lowest BCUT2D eigenvalue weighted by Crippen LogP contribution is -2.38. The average molecular weight is 510 g/mol. The van der Waals surface area contributed by atoms with E-state index in [1.807, 2.05) is 91.0 Å². The van der Waals surface area contributed by atoms with Crippen LogP contribution in [0.3, 0.4) is 0 Å². The third-order valence-electron chi connectivity index (χ3n) is 6.30. The fraction of sp³-hybridized carbons (Fsp3) is 0.226. The van der Waals surface area contributed by atoms with E-state index in [2.05, 4.69) is 15.3 Å². The summed E-state index contributed by atoms with van der Waals surface area (Å²) in [4.78, 5) is 34.4. The van der Waals surface area contributed by atoms with Gasteiger partial charge in [0.25, 0.3) is 0 Å². The molecule has 0 fully saturated rings. The van der Waals surface area contributed by atoms with Gasteiger partial charge in [0.1, 0.15) is 6.10 Å². The van der Waals surface area contributed by atoms with Crippen LogP contribution in [-0.4, -0.2) is 46.2 Å². The number of nitrogens with one attached hydrogen (secondary N) is 1. The first kappa shape index (κ1) is 26.7. The first-order valence-corrected chi connectivity index (χ1v) is 12.6. The molecule has 1 amide bonds. The predicted molar refractivity (Wildman–Crippen MR) is 147 cm³/mol. The number of allylic oxidation sites excluding steroid dienone is 1. The van der Waals surface area contributed by atoms with Crippen molar-refractivity contribution in [2.24, 2.45) is 5.92 Å². The molecule has 0 aliphatic rings. The molecular weight excluding hydrogens is 478 g/mol. The molecule has 2 N–H and O–H groups in total. The minimum atomic E-state index is -1.08. The quantitative estimate of drug-likeness (QED) is 0.286. The fourth-order valence-electron chi connectivity index (χ4n) is 4.25. The molecule has 0 spiro atoms. The number of rotatable bonds is 11. The number of carbonyl (C=O) groups excluding carboxylic acids is 2. The summed E-state index contributed by atoms with van der Waals surface area (Å²) in [5.74, 6) is -1.37. The summed E-state index contributed by atoms with van der Waals surface area (Å²) in [6, 6.07) is 26.5. The number of nitrogens with zero attached hydrogens (tertiary/aromatic N) is 2. The maximum Gasteiger partial charge on any atom is 0.358 e. The number of aromatic nitrogens is 2. The molecule has 0 aliphatic carbocycles. The highest BCUT2D eigenvalue weighted by molar-refractivity contribution is 5.89. The number of ether oxygens (including phenoxy) is 1. The van der Waals surface area contributed by atoms with Gasteiger partial charge in [-0.05, 0) is 36.1 Å². The van der Waals surface area contributed by atoms with Crippen LogP contribution in [0.4, 0.5) is 0 Å². The van der Waals surface area contributed by atoms with Crippen molar-refractivity contribution in [2.75, 3.05) is 7.05 Å². The Labute approximate surface area is 222 Å². The second-order valence-electron chi connectivity index (χ2n) is 9.04. The number of aliphatic hydroxyl groups excluding tert-OH is 1. The van der Waals surface area contributed by atoms with E-state index in [-0.39, 0.29) is 24.4 Å². The topological polar surface area (TPSA) is 101 Å². The molecule has 7 nitrogen and oxygen atoms in total. The lowest BCUT2D eigenvalue weighted by molar-refractivity contribution is -0.126. The molecule has 1 heterocycles. The number of amides is 1. The Kier molecular flexibility index (Phi) is 9.32. The van der Waals surface area contributed by atoms with Crippen molar-refractivity contribution >= 4 is 29.0 Å². The van der Waals surface area contributed by atoms with Gasteiger partial charge in [0.15, 0.2) is 5.69 Å². The second kappa shape index (κ2) is 13.3. The number of carbonyl (C=O) groups is 2. The number of hydrogen-bond acceptors (Lipinski definition) is 6. The van der Waals surface area contributed by atoms with Crippen molar-refractivity contribution in [2.45, 2.75) is 31.5 Å². The molecule has 0 aliphatic heterocycles. The van der Waals surface area contributed by atoms with Gasteiger partial charge in [-0.3, -0.25) is 9.78 Å². The zero-order valence-corrected chi connectivity index (χ0v) is 21.2. The van der Waals surface area contributed by atoms with Crippen LogP contribution in [0, 0.1) is 5.92 Å². The fourth-order valence-corrected chi connectivity index (χ4v) is 4.25. The smallest absolute Gasteiger partial charge is 0.358 e. The average Bonchev–Trinajstić information content (AvgIpc) is 2.96. The third kappa shape index (κ3) is 7.33. The zero-order chi connectivity index (χ0) is 26.7. The van der Waals surface area contributed by atoms with E-state index in [0.717, 1.165) is 11.1 Å². The minimum absolute atomic E-state index is 0.0580. The van der Waals surface area contributed by atoms with Crippen LogP contribution in [0.2, 0.25) is 0 Å². The number of aliphatic hydroxyl groups is 1.